The summed E-state index contributed by atoms with van der Waals surface area (Å²) in [6.45, 7) is 11.7. The molecule has 0 aromatic heterocycles. The molecule has 1 aliphatic heterocycles. The lowest BCUT2D eigenvalue weighted by molar-refractivity contribution is -0.144. The van der Waals surface area contributed by atoms with E-state index in [1.54, 1.807) is 0 Å². The molecule has 0 aromatic rings. The number of esters is 1. The Bertz CT molecular complexity index is 283. The van der Waals surface area contributed by atoms with Crippen LogP contribution in [0, 0.1) is 11.8 Å². The molecule has 112 valence electrons. The third-order valence-corrected chi connectivity index (χ3v) is 4.26. The monoisotopic (exact) mass is 270 g/mol. The van der Waals surface area contributed by atoms with Crippen molar-refractivity contribution in [3.05, 3.63) is 0 Å². The van der Waals surface area contributed by atoms with Gasteiger partial charge in [0.05, 0.1) is 7.11 Å². The molecular weight excluding hydrogens is 240 g/mol. The van der Waals surface area contributed by atoms with Crippen LogP contribution in [-0.2, 0) is 9.53 Å². The van der Waals surface area contributed by atoms with Gasteiger partial charge in [-0.25, -0.2) is 0 Å². The summed E-state index contributed by atoms with van der Waals surface area (Å²) in [6, 6.07) is 0.330. The lowest BCUT2D eigenvalue weighted by Gasteiger charge is -2.42. The second-order valence-electron chi connectivity index (χ2n) is 6.04. The lowest BCUT2D eigenvalue weighted by Crippen LogP contribution is -2.53. The Balaban J connectivity index is 2.62. The van der Waals surface area contributed by atoms with Crippen LogP contribution >= 0.6 is 0 Å². The molecule has 0 amide bonds. The smallest absolute Gasteiger partial charge is 0.324 e. The summed E-state index contributed by atoms with van der Waals surface area (Å²) >= 11 is 0. The highest BCUT2D eigenvalue weighted by Crippen LogP contribution is 2.26. The van der Waals surface area contributed by atoms with Crippen molar-refractivity contribution in [2.24, 2.45) is 11.8 Å². The van der Waals surface area contributed by atoms with Gasteiger partial charge in [-0.15, -0.1) is 0 Å². The van der Waals surface area contributed by atoms with E-state index in [1.807, 2.05) is 0 Å². The minimum Gasteiger partial charge on any atom is -0.468 e. The van der Waals surface area contributed by atoms with E-state index in [4.69, 9.17) is 4.74 Å². The molecule has 1 N–H and O–H groups in total. The summed E-state index contributed by atoms with van der Waals surface area (Å²) in [6.07, 6.45) is 2.30. The number of carbonyl (C=O) groups is 1. The third-order valence-electron chi connectivity index (χ3n) is 4.26. The van der Waals surface area contributed by atoms with Crippen molar-refractivity contribution >= 4 is 5.97 Å². The number of nitrogens with one attached hydrogen (secondary N) is 1. The SMILES string of the molecule is CCCNC(CN1CC(C)CC(C)C1C)C(=O)OC. The molecule has 0 radical (unpaired) electrons. The molecule has 1 aliphatic rings. The number of methoxy groups -OCH3 is 1. The first-order chi connectivity index (χ1) is 8.99. The zero-order chi connectivity index (χ0) is 14.4. The van der Waals surface area contributed by atoms with E-state index >= 15 is 0 Å². The Morgan fingerprint density at radius 1 is 1.42 bits per heavy atom. The predicted molar refractivity (Wildman–Crippen MR) is 78.1 cm³/mol. The standard InChI is InChI=1S/C15H30N2O2/c1-6-7-16-14(15(18)19-5)10-17-9-11(2)8-12(3)13(17)4/h11-14,16H,6-10H2,1-5H3. The zero-order valence-electron chi connectivity index (χ0n) is 13.1. The van der Waals surface area contributed by atoms with Gasteiger partial charge in [0, 0.05) is 19.1 Å². The minimum atomic E-state index is -0.204. The molecule has 0 aromatic carbocycles. The minimum absolute atomic E-state index is 0.147. The number of carbonyl (C=O) groups excluding carboxylic acids is 1. The maximum absolute atomic E-state index is 11.8. The van der Waals surface area contributed by atoms with Gasteiger partial charge in [0.15, 0.2) is 0 Å². The highest BCUT2D eigenvalue weighted by atomic mass is 16.5. The molecule has 0 bridgehead atoms. The van der Waals surface area contributed by atoms with E-state index in [0.29, 0.717) is 17.9 Å². The second-order valence-corrected chi connectivity index (χ2v) is 6.04. The highest BCUT2D eigenvalue weighted by Gasteiger charge is 2.32. The van der Waals surface area contributed by atoms with Crippen molar-refractivity contribution in [3.8, 4) is 0 Å². The first-order valence-corrected chi connectivity index (χ1v) is 7.54. The Morgan fingerprint density at radius 3 is 2.68 bits per heavy atom. The van der Waals surface area contributed by atoms with Crippen molar-refractivity contribution in [2.75, 3.05) is 26.7 Å². The molecule has 4 unspecified atom stereocenters. The Hall–Kier alpha value is -0.610. The maximum Gasteiger partial charge on any atom is 0.324 e. The molecule has 0 spiro atoms. The molecule has 4 heteroatoms. The summed E-state index contributed by atoms with van der Waals surface area (Å²) in [5.41, 5.74) is 0. The number of likely N-dealkylation sites (tertiary alicyclic amines) is 1. The summed E-state index contributed by atoms with van der Waals surface area (Å²) < 4.78 is 4.91. The third kappa shape index (κ3) is 4.77. The normalized spacial score (nSPS) is 30.1. The number of hydrogen-bond donors (Lipinski definition) is 1. The van der Waals surface area contributed by atoms with Crippen molar-refractivity contribution in [1.82, 2.24) is 10.2 Å². The van der Waals surface area contributed by atoms with Crippen molar-refractivity contribution < 1.29 is 9.53 Å². The fourth-order valence-electron chi connectivity index (χ4n) is 2.99. The van der Waals surface area contributed by atoms with E-state index in [-0.39, 0.29) is 12.0 Å². The summed E-state index contributed by atoms with van der Waals surface area (Å²) in [5, 5.41) is 3.30. The van der Waals surface area contributed by atoms with Crippen LogP contribution in [0.4, 0.5) is 0 Å². The van der Waals surface area contributed by atoms with Gasteiger partial charge in [0.25, 0.3) is 0 Å². The van der Waals surface area contributed by atoms with Gasteiger partial charge in [-0.3, -0.25) is 9.69 Å². The zero-order valence-corrected chi connectivity index (χ0v) is 13.1. The van der Waals surface area contributed by atoms with E-state index in [2.05, 4.69) is 37.9 Å². The first kappa shape index (κ1) is 16.4. The van der Waals surface area contributed by atoms with E-state index in [9.17, 15) is 4.79 Å². The molecule has 4 atom stereocenters. The Kier molecular flexibility index (Phi) is 6.80. The molecule has 1 rings (SSSR count). The highest BCUT2D eigenvalue weighted by molar-refractivity contribution is 5.75. The van der Waals surface area contributed by atoms with Crippen molar-refractivity contribution in [1.29, 1.82) is 0 Å². The van der Waals surface area contributed by atoms with Gasteiger partial charge in [-0.1, -0.05) is 20.8 Å². The lowest BCUT2D eigenvalue weighted by atomic mass is 9.86. The number of hydrogen-bond acceptors (Lipinski definition) is 4. The van der Waals surface area contributed by atoms with Crippen LogP contribution in [0.5, 0.6) is 0 Å². The molecule has 1 saturated heterocycles. The fourth-order valence-corrected chi connectivity index (χ4v) is 2.99. The molecule has 1 fully saturated rings. The van der Waals surface area contributed by atoms with E-state index in [0.717, 1.165) is 26.1 Å². The van der Waals surface area contributed by atoms with Gasteiger partial charge in [0.1, 0.15) is 6.04 Å². The maximum atomic E-state index is 11.8. The molecule has 4 nitrogen and oxygen atoms in total. The first-order valence-electron chi connectivity index (χ1n) is 7.54. The summed E-state index contributed by atoms with van der Waals surface area (Å²) in [5.74, 6) is 1.25. The van der Waals surface area contributed by atoms with Crippen LogP contribution in [-0.4, -0.2) is 49.7 Å². The summed E-state index contributed by atoms with van der Waals surface area (Å²) in [7, 11) is 1.47. The Morgan fingerprint density at radius 2 is 2.11 bits per heavy atom. The van der Waals surface area contributed by atoms with Crippen LogP contribution in [0.25, 0.3) is 0 Å². The van der Waals surface area contributed by atoms with Crippen molar-refractivity contribution in [2.45, 2.75) is 52.6 Å². The number of rotatable bonds is 6. The second kappa shape index (κ2) is 7.85. The predicted octanol–water partition coefficient (Wildman–Crippen LogP) is 1.89. The number of nitrogens with zero attached hydrogens (tertiary/aromatic N) is 1. The summed E-state index contributed by atoms with van der Waals surface area (Å²) in [4.78, 5) is 14.3. The Labute approximate surface area is 117 Å². The topological polar surface area (TPSA) is 41.6 Å². The van der Waals surface area contributed by atoms with Crippen LogP contribution in [0.15, 0.2) is 0 Å². The average molecular weight is 270 g/mol. The fraction of sp³-hybridized carbons (Fsp3) is 0.933. The quantitative estimate of drug-likeness (QED) is 0.749. The van der Waals surface area contributed by atoms with E-state index < -0.39 is 0 Å². The van der Waals surface area contributed by atoms with Crippen LogP contribution in [0.3, 0.4) is 0 Å². The van der Waals surface area contributed by atoms with Crippen LogP contribution in [0.1, 0.15) is 40.5 Å². The largest absolute Gasteiger partial charge is 0.468 e. The van der Waals surface area contributed by atoms with Crippen molar-refractivity contribution in [3.63, 3.8) is 0 Å². The average Bonchev–Trinajstić information content (AvgIpc) is 2.38. The molecule has 0 aliphatic carbocycles. The van der Waals surface area contributed by atoms with Gasteiger partial charge in [-0.2, -0.15) is 0 Å². The number of piperidine rings is 1. The van der Waals surface area contributed by atoms with Crippen LogP contribution < -0.4 is 5.32 Å². The molecule has 1 heterocycles. The van der Waals surface area contributed by atoms with Crippen LogP contribution in [0.2, 0.25) is 0 Å². The number of ether oxygens (including phenoxy) is 1. The van der Waals surface area contributed by atoms with Gasteiger partial charge >= 0.3 is 5.97 Å². The van der Waals surface area contributed by atoms with Gasteiger partial charge < -0.3 is 10.1 Å². The molecule has 19 heavy (non-hydrogen) atoms. The van der Waals surface area contributed by atoms with Gasteiger partial charge in [0.2, 0.25) is 0 Å². The van der Waals surface area contributed by atoms with E-state index in [1.165, 1.54) is 13.5 Å². The van der Waals surface area contributed by atoms with Gasteiger partial charge in [-0.05, 0) is 38.1 Å². The molecular formula is C15H30N2O2. The molecule has 0 saturated carbocycles.